The predicted octanol–water partition coefficient (Wildman–Crippen LogP) is 1.04. The maximum atomic E-state index is 11.9. The number of carbonyl (C=O) groups is 2. The van der Waals surface area contributed by atoms with Crippen LogP contribution >= 0.6 is 0 Å². The van der Waals surface area contributed by atoms with Crippen LogP contribution in [0.4, 0.5) is 0 Å². The number of pyridine rings is 1. The number of carbonyl (C=O) groups excluding carboxylic acids is 2. The van der Waals surface area contributed by atoms with Crippen LogP contribution in [0.3, 0.4) is 0 Å². The quantitative estimate of drug-likeness (QED) is 0.708. The largest absolute Gasteiger partial charge is 0.468 e. The molecule has 0 aromatic carbocycles. The van der Waals surface area contributed by atoms with E-state index in [1.54, 1.807) is 6.20 Å². The van der Waals surface area contributed by atoms with Crippen LogP contribution < -0.4 is 0 Å². The minimum Gasteiger partial charge on any atom is -0.468 e. The smallest absolute Gasteiger partial charge is 0.325 e. The van der Waals surface area contributed by atoms with E-state index < -0.39 is 5.97 Å². The van der Waals surface area contributed by atoms with Gasteiger partial charge in [0.15, 0.2) is 0 Å². The van der Waals surface area contributed by atoms with Crippen LogP contribution in [0.1, 0.15) is 19.0 Å². The number of nitrogens with zero attached hydrogens (tertiary/aromatic N) is 2. The van der Waals surface area contributed by atoms with Gasteiger partial charge in [0, 0.05) is 24.9 Å². The van der Waals surface area contributed by atoms with Crippen molar-refractivity contribution in [2.75, 3.05) is 20.2 Å². The highest BCUT2D eigenvalue weighted by molar-refractivity contribution is 5.82. The molecule has 0 saturated carbocycles. The van der Waals surface area contributed by atoms with E-state index in [9.17, 15) is 9.59 Å². The molecule has 0 bridgehead atoms. The summed E-state index contributed by atoms with van der Waals surface area (Å²) in [5, 5.41) is 0. The Bertz CT molecular complexity index is 392. The Labute approximate surface area is 107 Å². The van der Waals surface area contributed by atoms with Crippen molar-refractivity contribution < 1.29 is 14.3 Å². The molecular formula is C13H18N2O3. The topological polar surface area (TPSA) is 59.5 Å². The number of ether oxygens (including phenoxy) is 1. The average Bonchev–Trinajstić information content (AvgIpc) is 2.42. The van der Waals surface area contributed by atoms with Crippen molar-refractivity contribution in [3.8, 4) is 0 Å². The fraction of sp³-hybridized carbons (Fsp3) is 0.462. The third-order valence-corrected chi connectivity index (χ3v) is 2.60. The molecule has 5 heteroatoms. The molecule has 1 rings (SSSR count). The lowest BCUT2D eigenvalue weighted by Crippen LogP contribution is -2.36. The number of methoxy groups -OCH3 is 1. The normalized spacial score (nSPS) is 9.89. The molecule has 1 aromatic heterocycles. The summed E-state index contributed by atoms with van der Waals surface area (Å²) in [6.45, 7) is 2.34. The van der Waals surface area contributed by atoms with Gasteiger partial charge in [-0.15, -0.1) is 0 Å². The fourth-order valence-electron chi connectivity index (χ4n) is 1.54. The van der Waals surface area contributed by atoms with Crippen molar-refractivity contribution in [1.29, 1.82) is 0 Å². The molecule has 0 fully saturated rings. The van der Waals surface area contributed by atoms with E-state index in [1.165, 1.54) is 12.0 Å². The van der Waals surface area contributed by atoms with Gasteiger partial charge in [-0.3, -0.25) is 14.6 Å². The fourth-order valence-corrected chi connectivity index (χ4v) is 1.54. The number of aryl methyl sites for hydroxylation is 1. The lowest BCUT2D eigenvalue weighted by molar-refractivity contribution is -0.146. The Hall–Kier alpha value is -1.91. The third-order valence-electron chi connectivity index (χ3n) is 2.60. The first kappa shape index (κ1) is 14.2. The van der Waals surface area contributed by atoms with Crippen LogP contribution in [-0.4, -0.2) is 42.0 Å². The lowest BCUT2D eigenvalue weighted by Gasteiger charge is -2.19. The average molecular weight is 250 g/mol. The highest BCUT2D eigenvalue weighted by Crippen LogP contribution is 2.02. The van der Waals surface area contributed by atoms with Crippen molar-refractivity contribution in [3.63, 3.8) is 0 Å². The van der Waals surface area contributed by atoms with Crippen molar-refractivity contribution in [2.45, 2.75) is 19.8 Å². The molecule has 98 valence electrons. The molecule has 0 spiro atoms. The molecule has 0 aliphatic heterocycles. The van der Waals surface area contributed by atoms with Crippen molar-refractivity contribution in [2.24, 2.45) is 0 Å². The number of amides is 1. The molecule has 1 heterocycles. The number of esters is 1. The van der Waals surface area contributed by atoms with E-state index >= 15 is 0 Å². The van der Waals surface area contributed by atoms with Gasteiger partial charge in [-0.05, 0) is 25.5 Å². The molecule has 1 aromatic rings. The summed E-state index contributed by atoms with van der Waals surface area (Å²) in [6, 6.07) is 5.60. The van der Waals surface area contributed by atoms with Crippen molar-refractivity contribution in [3.05, 3.63) is 30.1 Å². The Morgan fingerprint density at radius 1 is 1.39 bits per heavy atom. The van der Waals surface area contributed by atoms with Gasteiger partial charge in [0.25, 0.3) is 0 Å². The standard InChI is InChI=1S/C13H18N2O3/c1-3-15(10-13(17)18-2)12(16)8-7-11-6-4-5-9-14-11/h4-6,9H,3,7-8,10H2,1-2H3. The summed E-state index contributed by atoms with van der Waals surface area (Å²) in [5.41, 5.74) is 0.875. The Morgan fingerprint density at radius 2 is 2.17 bits per heavy atom. The monoisotopic (exact) mass is 250 g/mol. The summed E-state index contributed by atoms with van der Waals surface area (Å²) < 4.78 is 4.55. The van der Waals surface area contributed by atoms with Gasteiger partial charge in [0.05, 0.1) is 7.11 Å². The van der Waals surface area contributed by atoms with E-state index in [2.05, 4.69) is 9.72 Å². The van der Waals surface area contributed by atoms with Gasteiger partial charge in [-0.1, -0.05) is 6.07 Å². The van der Waals surface area contributed by atoms with E-state index in [-0.39, 0.29) is 12.5 Å². The third kappa shape index (κ3) is 4.53. The van der Waals surface area contributed by atoms with Crippen molar-refractivity contribution in [1.82, 2.24) is 9.88 Å². The first-order chi connectivity index (χ1) is 8.67. The second-order valence-corrected chi connectivity index (χ2v) is 3.81. The SMILES string of the molecule is CCN(CC(=O)OC)C(=O)CCc1ccccn1. The van der Waals surface area contributed by atoms with Crippen molar-refractivity contribution >= 4 is 11.9 Å². The van der Waals surface area contributed by atoms with Gasteiger partial charge in [0.2, 0.25) is 5.91 Å². The molecule has 18 heavy (non-hydrogen) atoms. The molecule has 5 nitrogen and oxygen atoms in total. The molecule has 0 aliphatic carbocycles. The Balaban J connectivity index is 2.45. The molecule has 0 radical (unpaired) electrons. The molecule has 0 aliphatic rings. The van der Waals surface area contributed by atoms with E-state index in [0.29, 0.717) is 19.4 Å². The Morgan fingerprint density at radius 3 is 2.72 bits per heavy atom. The van der Waals surface area contributed by atoms with E-state index in [1.807, 2.05) is 25.1 Å². The molecule has 1 amide bonds. The summed E-state index contributed by atoms with van der Waals surface area (Å²) >= 11 is 0. The predicted molar refractivity (Wildman–Crippen MR) is 66.8 cm³/mol. The van der Waals surface area contributed by atoms with Crippen LogP contribution in [0.5, 0.6) is 0 Å². The maximum Gasteiger partial charge on any atom is 0.325 e. The summed E-state index contributed by atoms with van der Waals surface area (Å²) in [5.74, 6) is -0.461. The van der Waals surface area contributed by atoms with Crippen LogP contribution in [0.2, 0.25) is 0 Å². The van der Waals surface area contributed by atoms with Crippen LogP contribution in [0.25, 0.3) is 0 Å². The highest BCUT2D eigenvalue weighted by atomic mass is 16.5. The number of likely N-dealkylation sites (N-methyl/N-ethyl adjacent to an activating group) is 1. The van der Waals surface area contributed by atoms with Crippen LogP contribution in [0.15, 0.2) is 24.4 Å². The molecule has 0 atom stereocenters. The molecule has 0 N–H and O–H groups in total. The lowest BCUT2D eigenvalue weighted by atomic mass is 10.2. The zero-order chi connectivity index (χ0) is 13.4. The molecule has 0 saturated heterocycles. The van der Waals surface area contributed by atoms with Gasteiger partial charge in [-0.2, -0.15) is 0 Å². The zero-order valence-corrected chi connectivity index (χ0v) is 10.8. The summed E-state index contributed by atoms with van der Waals surface area (Å²) in [4.78, 5) is 28.7. The molecule has 0 unspecified atom stereocenters. The van der Waals surface area contributed by atoms with E-state index in [4.69, 9.17) is 0 Å². The number of hydrogen-bond donors (Lipinski definition) is 0. The minimum atomic E-state index is -0.400. The summed E-state index contributed by atoms with van der Waals surface area (Å²) in [7, 11) is 1.31. The van der Waals surface area contributed by atoms with Crippen LogP contribution in [0, 0.1) is 0 Å². The molecular weight excluding hydrogens is 232 g/mol. The maximum absolute atomic E-state index is 11.9. The number of aromatic nitrogens is 1. The first-order valence-electron chi connectivity index (χ1n) is 5.91. The van der Waals surface area contributed by atoms with Gasteiger partial charge < -0.3 is 9.64 Å². The van der Waals surface area contributed by atoms with E-state index in [0.717, 1.165) is 5.69 Å². The van der Waals surface area contributed by atoms with Gasteiger partial charge >= 0.3 is 5.97 Å². The van der Waals surface area contributed by atoms with Gasteiger partial charge in [0.1, 0.15) is 6.54 Å². The number of hydrogen-bond acceptors (Lipinski definition) is 4. The second kappa shape index (κ2) is 7.42. The Kier molecular flexibility index (Phi) is 5.84. The van der Waals surface area contributed by atoms with Gasteiger partial charge in [-0.25, -0.2) is 0 Å². The summed E-state index contributed by atoms with van der Waals surface area (Å²) in [6.07, 6.45) is 2.63. The highest BCUT2D eigenvalue weighted by Gasteiger charge is 2.15. The minimum absolute atomic E-state index is 0.00799. The first-order valence-corrected chi connectivity index (χ1v) is 5.91. The second-order valence-electron chi connectivity index (χ2n) is 3.81. The zero-order valence-electron chi connectivity index (χ0n) is 10.8. The number of rotatable bonds is 6. The van der Waals surface area contributed by atoms with Crippen LogP contribution in [-0.2, 0) is 20.7 Å².